The van der Waals surface area contributed by atoms with Crippen molar-refractivity contribution < 1.29 is 9.50 Å². The molecule has 0 aliphatic heterocycles. The van der Waals surface area contributed by atoms with Crippen molar-refractivity contribution in [3.05, 3.63) is 35.1 Å². The lowest BCUT2D eigenvalue weighted by molar-refractivity contribution is 0.0383. The van der Waals surface area contributed by atoms with Crippen LogP contribution in [0.5, 0.6) is 0 Å². The van der Waals surface area contributed by atoms with Crippen molar-refractivity contribution >= 4 is 0 Å². The summed E-state index contributed by atoms with van der Waals surface area (Å²) in [5, 5.41) is 22.2. The van der Waals surface area contributed by atoms with Crippen LogP contribution in [0.15, 0.2) is 18.2 Å². The maximum atomic E-state index is 13.1. The molecule has 0 fully saturated rings. The molecule has 1 aromatic carbocycles. The largest absolute Gasteiger partial charge is 0.389 e. The minimum absolute atomic E-state index is 0.357. The number of hydrogen-bond acceptors (Lipinski definition) is 3. The zero-order chi connectivity index (χ0) is 14.5. The van der Waals surface area contributed by atoms with Crippen LogP contribution >= 0.6 is 0 Å². The quantitative estimate of drug-likeness (QED) is 0.830. The Morgan fingerprint density at radius 2 is 2.16 bits per heavy atom. The van der Waals surface area contributed by atoms with Gasteiger partial charge in [0.2, 0.25) is 0 Å². The van der Waals surface area contributed by atoms with E-state index < -0.39 is 5.60 Å². The summed E-state index contributed by atoms with van der Waals surface area (Å²) in [6.07, 6.45) is 0.689. The highest BCUT2D eigenvalue weighted by molar-refractivity contribution is 5.37. The monoisotopic (exact) mass is 264 g/mol. The predicted octanol–water partition coefficient (Wildman–Crippen LogP) is 2.58. The molecule has 4 heteroatoms. The molecule has 3 nitrogen and oxygen atoms in total. The zero-order valence-electron chi connectivity index (χ0n) is 11.7. The number of rotatable bonds is 6. The van der Waals surface area contributed by atoms with E-state index in [-0.39, 0.29) is 5.82 Å². The molecule has 0 bridgehead atoms. The average Bonchev–Trinajstić information content (AvgIpc) is 2.27. The molecule has 0 amide bonds. The molecule has 1 rings (SSSR count). The SMILES string of the molecule is CC(C)CC(C)(O)CNCc1cc(F)ccc1C#N. The molecule has 0 aromatic heterocycles. The van der Waals surface area contributed by atoms with Gasteiger partial charge < -0.3 is 10.4 Å². The minimum Gasteiger partial charge on any atom is -0.389 e. The van der Waals surface area contributed by atoms with Gasteiger partial charge in [0.1, 0.15) is 5.82 Å². The van der Waals surface area contributed by atoms with Crippen molar-refractivity contribution in [2.45, 2.75) is 39.3 Å². The Morgan fingerprint density at radius 1 is 1.47 bits per heavy atom. The van der Waals surface area contributed by atoms with Crippen LogP contribution in [-0.2, 0) is 6.54 Å². The Kier molecular flexibility index (Phi) is 5.46. The van der Waals surface area contributed by atoms with Gasteiger partial charge in [-0.05, 0) is 43.0 Å². The Morgan fingerprint density at radius 3 is 2.74 bits per heavy atom. The van der Waals surface area contributed by atoms with E-state index in [0.717, 1.165) is 0 Å². The third-order valence-electron chi connectivity index (χ3n) is 2.86. The lowest BCUT2D eigenvalue weighted by Gasteiger charge is -2.25. The number of aliphatic hydroxyl groups is 1. The average molecular weight is 264 g/mol. The summed E-state index contributed by atoms with van der Waals surface area (Å²) in [6, 6.07) is 6.13. The smallest absolute Gasteiger partial charge is 0.123 e. The molecule has 0 saturated carbocycles. The van der Waals surface area contributed by atoms with E-state index in [9.17, 15) is 9.50 Å². The van der Waals surface area contributed by atoms with E-state index in [1.807, 2.05) is 6.07 Å². The van der Waals surface area contributed by atoms with Crippen LogP contribution in [-0.4, -0.2) is 17.3 Å². The second-order valence-electron chi connectivity index (χ2n) is 5.61. The summed E-state index contributed by atoms with van der Waals surface area (Å²) in [5.41, 5.74) is 0.272. The molecular formula is C15H21FN2O. The van der Waals surface area contributed by atoms with Crippen LogP contribution in [0.2, 0.25) is 0 Å². The molecule has 0 radical (unpaired) electrons. The highest BCUT2D eigenvalue weighted by Crippen LogP contribution is 2.16. The molecule has 19 heavy (non-hydrogen) atoms. The molecule has 0 aliphatic carbocycles. The first-order valence-electron chi connectivity index (χ1n) is 6.45. The fourth-order valence-electron chi connectivity index (χ4n) is 2.24. The van der Waals surface area contributed by atoms with Gasteiger partial charge in [-0.1, -0.05) is 13.8 Å². The molecule has 0 spiro atoms. The first-order valence-corrected chi connectivity index (χ1v) is 6.45. The molecule has 2 N–H and O–H groups in total. The van der Waals surface area contributed by atoms with E-state index in [2.05, 4.69) is 19.2 Å². The third kappa shape index (κ3) is 5.37. The van der Waals surface area contributed by atoms with Crippen molar-refractivity contribution in [1.82, 2.24) is 5.32 Å². The molecule has 0 heterocycles. The topological polar surface area (TPSA) is 56.0 Å². The molecule has 0 saturated heterocycles. The van der Waals surface area contributed by atoms with E-state index in [1.54, 1.807) is 6.92 Å². The van der Waals surface area contributed by atoms with Crippen molar-refractivity contribution in [1.29, 1.82) is 5.26 Å². The molecule has 1 aromatic rings. The number of nitrogens with zero attached hydrogens (tertiary/aromatic N) is 1. The maximum absolute atomic E-state index is 13.1. The van der Waals surface area contributed by atoms with Gasteiger partial charge in [-0.2, -0.15) is 5.26 Å². The van der Waals surface area contributed by atoms with Gasteiger partial charge >= 0.3 is 0 Å². The van der Waals surface area contributed by atoms with Crippen LogP contribution in [0.4, 0.5) is 4.39 Å². The maximum Gasteiger partial charge on any atom is 0.123 e. The van der Waals surface area contributed by atoms with Crippen molar-refractivity contribution in [2.24, 2.45) is 5.92 Å². The van der Waals surface area contributed by atoms with Gasteiger partial charge in [-0.3, -0.25) is 0 Å². The first kappa shape index (κ1) is 15.6. The number of benzene rings is 1. The number of halogens is 1. The van der Waals surface area contributed by atoms with Gasteiger partial charge in [0.05, 0.1) is 17.2 Å². The first-order chi connectivity index (χ1) is 8.84. The summed E-state index contributed by atoms with van der Waals surface area (Å²) in [7, 11) is 0. The van der Waals surface area contributed by atoms with Crippen molar-refractivity contribution in [2.75, 3.05) is 6.54 Å². The van der Waals surface area contributed by atoms with Gasteiger partial charge in [0.25, 0.3) is 0 Å². The minimum atomic E-state index is -0.797. The number of hydrogen-bond donors (Lipinski definition) is 2. The lowest BCUT2D eigenvalue weighted by Crippen LogP contribution is -2.38. The molecular weight excluding hydrogens is 243 g/mol. The van der Waals surface area contributed by atoms with Crippen molar-refractivity contribution in [3.63, 3.8) is 0 Å². The Hall–Kier alpha value is -1.44. The fourth-order valence-corrected chi connectivity index (χ4v) is 2.24. The summed E-state index contributed by atoms with van der Waals surface area (Å²) >= 11 is 0. The van der Waals surface area contributed by atoms with Crippen LogP contribution in [0.3, 0.4) is 0 Å². The van der Waals surface area contributed by atoms with E-state index in [0.29, 0.717) is 36.6 Å². The molecule has 1 atom stereocenters. The fraction of sp³-hybridized carbons (Fsp3) is 0.533. The Bertz CT molecular complexity index is 464. The number of nitriles is 1. The highest BCUT2D eigenvalue weighted by Gasteiger charge is 2.21. The van der Waals surface area contributed by atoms with E-state index in [1.165, 1.54) is 18.2 Å². The predicted molar refractivity (Wildman–Crippen MR) is 72.9 cm³/mol. The summed E-state index contributed by atoms with van der Waals surface area (Å²) in [5.74, 6) is 0.0466. The summed E-state index contributed by atoms with van der Waals surface area (Å²) in [6.45, 7) is 6.65. The zero-order valence-corrected chi connectivity index (χ0v) is 11.7. The second-order valence-corrected chi connectivity index (χ2v) is 5.61. The van der Waals surface area contributed by atoms with Crippen LogP contribution in [0.1, 0.15) is 38.3 Å². The number of nitrogens with one attached hydrogen (secondary N) is 1. The van der Waals surface area contributed by atoms with Gasteiger partial charge in [-0.25, -0.2) is 4.39 Å². The molecule has 1 unspecified atom stereocenters. The van der Waals surface area contributed by atoms with Gasteiger partial charge in [0, 0.05) is 13.1 Å². The van der Waals surface area contributed by atoms with Crippen LogP contribution in [0.25, 0.3) is 0 Å². The van der Waals surface area contributed by atoms with Crippen LogP contribution < -0.4 is 5.32 Å². The Balaban J connectivity index is 2.58. The Labute approximate surface area is 114 Å². The van der Waals surface area contributed by atoms with Crippen LogP contribution in [0, 0.1) is 23.1 Å². The molecule has 104 valence electrons. The standard InChI is InChI=1S/C15H21FN2O/c1-11(2)7-15(3,19)10-18-9-13-6-14(16)5-4-12(13)8-17/h4-6,11,18-19H,7,9-10H2,1-3H3. The third-order valence-corrected chi connectivity index (χ3v) is 2.86. The summed E-state index contributed by atoms with van der Waals surface area (Å²) < 4.78 is 13.1. The lowest BCUT2D eigenvalue weighted by atomic mass is 9.94. The highest BCUT2D eigenvalue weighted by atomic mass is 19.1. The van der Waals surface area contributed by atoms with Gasteiger partial charge in [0.15, 0.2) is 0 Å². The summed E-state index contributed by atoms with van der Waals surface area (Å²) in [4.78, 5) is 0. The second kappa shape index (κ2) is 6.65. The van der Waals surface area contributed by atoms with E-state index in [4.69, 9.17) is 5.26 Å². The molecule has 0 aliphatic rings. The van der Waals surface area contributed by atoms with Crippen molar-refractivity contribution in [3.8, 4) is 6.07 Å². The normalized spacial score (nSPS) is 14.2. The van der Waals surface area contributed by atoms with E-state index >= 15 is 0 Å². The van der Waals surface area contributed by atoms with Gasteiger partial charge in [-0.15, -0.1) is 0 Å².